The van der Waals surface area contributed by atoms with E-state index in [2.05, 4.69) is 24.3 Å². The second kappa shape index (κ2) is 7.25. The van der Waals surface area contributed by atoms with Crippen molar-refractivity contribution in [2.75, 3.05) is 13.1 Å². The molecule has 0 saturated carbocycles. The lowest BCUT2D eigenvalue weighted by Gasteiger charge is -2.29. The Labute approximate surface area is 137 Å². The van der Waals surface area contributed by atoms with Crippen LogP contribution in [0.3, 0.4) is 0 Å². The summed E-state index contributed by atoms with van der Waals surface area (Å²) in [5.74, 6) is 0.0732. The maximum Gasteiger partial charge on any atom is 0.246 e. The Morgan fingerprint density at radius 1 is 0.957 bits per heavy atom. The summed E-state index contributed by atoms with van der Waals surface area (Å²) in [6.45, 7) is 1.52. The first-order valence-electron chi connectivity index (χ1n) is 8.10. The molecular formula is C20H22N2O. The van der Waals surface area contributed by atoms with Crippen LogP contribution in [0.5, 0.6) is 0 Å². The minimum Gasteiger partial charge on any atom is -0.339 e. The molecule has 3 heteroatoms. The van der Waals surface area contributed by atoms with Crippen molar-refractivity contribution in [1.82, 2.24) is 4.90 Å². The molecule has 2 aromatic rings. The van der Waals surface area contributed by atoms with E-state index in [4.69, 9.17) is 5.73 Å². The zero-order valence-corrected chi connectivity index (χ0v) is 13.2. The lowest BCUT2D eigenvalue weighted by atomic mass is 10.0. The molecule has 0 aromatic heterocycles. The van der Waals surface area contributed by atoms with Gasteiger partial charge in [-0.1, -0.05) is 54.6 Å². The zero-order chi connectivity index (χ0) is 16.1. The molecule has 3 nitrogen and oxygen atoms in total. The Morgan fingerprint density at radius 2 is 1.57 bits per heavy atom. The van der Waals surface area contributed by atoms with Gasteiger partial charge in [0.25, 0.3) is 0 Å². The average Bonchev–Trinajstić information content (AvgIpc) is 2.61. The molecule has 1 aliphatic heterocycles. The maximum absolute atomic E-state index is 12.2. The summed E-state index contributed by atoms with van der Waals surface area (Å²) in [7, 11) is 0. The third kappa shape index (κ3) is 4.08. The smallest absolute Gasteiger partial charge is 0.246 e. The average molecular weight is 306 g/mol. The molecule has 0 radical (unpaired) electrons. The Bertz CT molecular complexity index is 669. The van der Waals surface area contributed by atoms with Gasteiger partial charge in [0.1, 0.15) is 0 Å². The molecule has 0 atom stereocenters. The topological polar surface area (TPSA) is 46.3 Å². The van der Waals surface area contributed by atoms with Crippen LogP contribution in [-0.2, 0) is 4.79 Å². The zero-order valence-electron chi connectivity index (χ0n) is 13.2. The fourth-order valence-electron chi connectivity index (χ4n) is 2.81. The number of carbonyl (C=O) groups is 1. The van der Waals surface area contributed by atoms with Crippen LogP contribution in [0.15, 0.2) is 60.7 Å². The van der Waals surface area contributed by atoms with Gasteiger partial charge in [-0.2, -0.15) is 0 Å². The molecular weight excluding hydrogens is 284 g/mol. The molecule has 0 aliphatic carbocycles. The molecule has 1 fully saturated rings. The van der Waals surface area contributed by atoms with Crippen molar-refractivity contribution in [2.45, 2.75) is 18.9 Å². The largest absolute Gasteiger partial charge is 0.339 e. The lowest BCUT2D eigenvalue weighted by molar-refractivity contribution is -0.126. The van der Waals surface area contributed by atoms with Crippen LogP contribution in [0.25, 0.3) is 17.2 Å². The first kappa shape index (κ1) is 15.5. The van der Waals surface area contributed by atoms with E-state index >= 15 is 0 Å². The monoisotopic (exact) mass is 306 g/mol. The number of carbonyl (C=O) groups excluding carboxylic acids is 1. The highest BCUT2D eigenvalue weighted by molar-refractivity contribution is 5.91. The molecule has 3 rings (SSSR count). The quantitative estimate of drug-likeness (QED) is 0.884. The third-order valence-corrected chi connectivity index (χ3v) is 4.29. The summed E-state index contributed by atoms with van der Waals surface area (Å²) < 4.78 is 0. The standard InChI is InChI=1S/C20H22N2O/c21-19-12-14-22(15-13-19)20(23)11-8-16-6-9-18(10-7-16)17-4-2-1-3-5-17/h1-11,19H,12-15,21H2/b11-8+. The van der Waals surface area contributed by atoms with Gasteiger partial charge in [-0.15, -0.1) is 0 Å². The van der Waals surface area contributed by atoms with Crippen LogP contribution in [0.1, 0.15) is 18.4 Å². The number of piperidine rings is 1. The van der Waals surface area contributed by atoms with Gasteiger partial charge in [-0.25, -0.2) is 0 Å². The van der Waals surface area contributed by atoms with Crippen molar-refractivity contribution >= 4 is 12.0 Å². The van der Waals surface area contributed by atoms with Gasteiger partial charge in [0.15, 0.2) is 0 Å². The van der Waals surface area contributed by atoms with E-state index in [1.165, 1.54) is 11.1 Å². The summed E-state index contributed by atoms with van der Waals surface area (Å²) in [5, 5.41) is 0. The molecule has 2 N–H and O–H groups in total. The minimum atomic E-state index is 0.0732. The van der Waals surface area contributed by atoms with Crippen molar-refractivity contribution in [2.24, 2.45) is 5.73 Å². The Kier molecular flexibility index (Phi) is 4.89. The second-order valence-electron chi connectivity index (χ2n) is 5.98. The van der Waals surface area contributed by atoms with Gasteiger partial charge < -0.3 is 10.6 Å². The Hall–Kier alpha value is -2.39. The van der Waals surface area contributed by atoms with Crippen molar-refractivity contribution in [1.29, 1.82) is 0 Å². The number of likely N-dealkylation sites (tertiary alicyclic amines) is 1. The van der Waals surface area contributed by atoms with E-state index in [0.29, 0.717) is 0 Å². The Morgan fingerprint density at radius 3 is 2.22 bits per heavy atom. The number of hydrogen-bond acceptors (Lipinski definition) is 2. The first-order chi connectivity index (χ1) is 11.2. The highest BCUT2D eigenvalue weighted by Gasteiger charge is 2.18. The van der Waals surface area contributed by atoms with Crippen LogP contribution >= 0.6 is 0 Å². The number of hydrogen-bond donors (Lipinski definition) is 1. The van der Waals surface area contributed by atoms with Crippen LogP contribution < -0.4 is 5.73 Å². The Balaban J connectivity index is 1.63. The van der Waals surface area contributed by atoms with Gasteiger partial charge in [0.05, 0.1) is 0 Å². The number of rotatable bonds is 3. The van der Waals surface area contributed by atoms with Crippen molar-refractivity contribution in [3.05, 3.63) is 66.2 Å². The summed E-state index contributed by atoms with van der Waals surface area (Å²) in [6.07, 6.45) is 5.33. The molecule has 0 spiro atoms. The molecule has 1 aliphatic rings. The van der Waals surface area contributed by atoms with E-state index < -0.39 is 0 Å². The van der Waals surface area contributed by atoms with Crippen molar-refractivity contribution < 1.29 is 4.79 Å². The van der Waals surface area contributed by atoms with Crippen molar-refractivity contribution in [3.63, 3.8) is 0 Å². The highest BCUT2D eigenvalue weighted by atomic mass is 16.2. The molecule has 1 amide bonds. The lowest BCUT2D eigenvalue weighted by Crippen LogP contribution is -2.42. The SMILES string of the molecule is NC1CCN(C(=O)/C=C/c2ccc(-c3ccccc3)cc2)CC1. The molecule has 1 heterocycles. The fraction of sp³-hybridized carbons (Fsp3) is 0.250. The van der Waals surface area contributed by atoms with E-state index in [0.717, 1.165) is 31.5 Å². The summed E-state index contributed by atoms with van der Waals surface area (Å²) in [4.78, 5) is 14.0. The van der Waals surface area contributed by atoms with Gasteiger partial charge >= 0.3 is 0 Å². The van der Waals surface area contributed by atoms with E-state index in [-0.39, 0.29) is 11.9 Å². The minimum absolute atomic E-state index is 0.0732. The number of nitrogens with two attached hydrogens (primary N) is 1. The normalized spacial score (nSPS) is 16.0. The summed E-state index contributed by atoms with van der Waals surface area (Å²) in [6, 6.07) is 18.8. The fourth-order valence-corrected chi connectivity index (χ4v) is 2.81. The molecule has 2 aromatic carbocycles. The van der Waals surface area contributed by atoms with Gasteiger partial charge in [0, 0.05) is 25.2 Å². The molecule has 0 unspecified atom stereocenters. The maximum atomic E-state index is 12.2. The van der Waals surface area contributed by atoms with E-state index in [9.17, 15) is 4.79 Å². The highest BCUT2D eigenvalue weighted by Crippen LogP contribution is 2.19. The summed E-state index contributed by atoms with van der Waals surface area (Å²) >= 11 is 0. The van der Waals surface area contributed by atoms with Crippen LogP contribution in [0.2, 0.25) is 0 Å². The van der Waals surface area contributed by atoms with Crippen molar-refractivity contribution in [3.8, 4) is 11.1 Å². The summed E-state index contributed by atoms with van der Waals surface area (Å²) in [5.41, 5.74) is 9.28. The predicted octanol–water partition coefficient (Wildman–Crippen LogP) is 3.32. The molecule has 0 bridgehead atoms. The number of nitrogens with zero attached hydrogens (tertiary/aromatic N) is 1. The van der Waals surface area contributed by atoms with Crippen LogP contribution in [-0.4, -0.2) is 29.9 Å². The third-order valence-electron chi connectivity index (χ3n) is 4.29. The second-order valence-corrected chi connectivity index (χ2v) is 5.98. The number of benzene rings is 2. The van der Waals surface area contributed by atoms with E-state index in [1.54, 1.807) is 6.08 Å². The first-order valence-corrected chi connectivity index (χ1v) is 8.10. The van der Waals surface area contributed by atoms with Gasteiger partial charge in [-0.05, 0) is 35.6 Å². The van der Waals surface area contributed by atoms with E-state index in [1.807, 2.05) is 41.3 Å². The van der Waals surface area contributed by atoms with Gasteiger partial charge in [0.2, 0.25) is 5.91 Å². The van der Waals surface area contributed by atoms with Crippen LogP contribution in [0.4, 0.5) is 0 Å². The van der Waals surface area contributed by atoms with Crippen LogP contribution in [0, 0.1) is 0 Å². The molecule has 118 valence electrons. The molecule has 23 heavy (non-hydrogen) atoms. The molecule has 1 saturated heterocycles. The number of amides is 1. The predicted molar refractivity (Wildman–Crippen MR) is 94.7 cm³/mol. The van der Waals surface area contributed by atoms with Gasteiger partial charge in [-0.3, -0.25) is 4.79 Å².